The Balaban J connectivity index is 2.22. The number of ketones is 1. The quantitative estimate of drug-likeness (QED) is 0.732. The van der Waals surface area contributed by atoms with Crippen LogP contribution < -0.4 is 4.90 Å². The molecule has 0 N–H and O–H groups in total. The van der Waals surface area contributed by atoms with Gasteiger partial charge in [0.15, 0.2) is 5.78 Å². The Morgan fingerprint density at radius 1 is 1.53 bits per heavy atom. The van der Waals surface area contributed by atoms with E-state index < -0.39 is 0 Å². The summed E-state index contributed by atoms with van der Waals surface area (Å²) < 4.78 is 0. The molecule has 2 heterocycles. The van der Waals surface area contributed by atoms with Gasteiger partial charge in [-0.1, -0.05) is 0 Å². The molecule has 4 nitrogen and oxygen atoms in total. The van der Waals surface area contributed by atoms with Gasteiger partial charge in [-0.05, 0) is 32.3 Å². The van der Waals surface area contributed by atoms with Gasteiger partial charge >= 0.3 is 0 Å². The number of nitrogens with zero attached hydrogens (tertiary/aromatic N) is 3. The van der Waals surface area contributed by atoms with Crippen LogP contribution in [0.5, 0.6) is 0 Å². The van der Waals surface area contributed by atoms with Crippen LogP contribution in [0.25, 0.3) is 0 Å². The molecule has 2 rings (SSSR count). The fourth-order valence-corrected chi connectivity index (χ4v) is 2.08. The topological polar surface area (TPSA) is 46.1 Å². The van der Waals surface area contributed by atoms with Crippen molar-refractivity contribution in [3.63, 3.8) is 0 Å². The lowest BCUT2D eigenvalue weighted by Gasteiger charge is -2.34. The lowest BCUT2D eigenvalue weighted by atomic mass is 9.99. The van der Waals surface area contributed by atoms with Crippen molar-refractivity contribution in [3.05, 3.63) is 18.6 Å². The zero-order chi connectivity index (χ0) is 10.7. The number of carbonyl (C=O) groups is 1. The summed E-state index contributed by atoms with van der Waals surface area (Å²) in [5.74, 6) is 1.10. The third-order valence-electron chi connectivity index (χ3n) is 2.83. The van der Waals surface area contributed by atoms with Crippen molar-refractivity contribution in [2.45, 2.75) is 32.2 Å². The van der Waals surface area contributed by atoms with Crippen molar-refractivity contribution in [3.8, 4) is 0 Å². The van der Waals surface area contributed by atoms with Gasteiger partial charge in [0, 0.05) is 12.7 Å². The molecule has 4 heteroatoms. The van der Waals surface area contributed by atoms with Gasteiger partial charge in [-0.2, -0.15) is 0 Å². The summed E-state index contributed by atoms with van der Waals surface area (Å²) in [6.45, 7) is 2.57. The summed E-state index contributed by atoms with van der Waals surface area (Å²) in [6, 6.07) is 1.87. The van der Waals surface area contributed by atoms with Crippen LogP contribution >= 0.6 is 0 Å². The molecule has 80 valence electrons. The molecule has 0 amide bonds. The molecule has 1 fully saturated rings. The molecule has 1 aromatic heterocycles. The minimum atomic E-state index is 0.00801. The second-order valence-electron chi connectivity index (χ2n) is 3.88. The normalized spacial score (nSPS) is 21.4. The Kier molecular flexibility index (Phi) is 2.94. The average molecular weight is 205 g/mol. The van der Waals surface area contributed by atoms with E-state index in [4.69, 9.17) is 0 Å². The molecule has 0 aromatic carbocycles. The Labute approximate surface area is 89.3 Å². The molecule has 1 atom stereocenters. The molecular weight excluding hydrogens is 190 g/mol. The molecule has 0 radical (unpaired) electrons. The van der Waals surface area contributed by atoms with Crippen molar-refractivity contribution in [2.24, 2.45) is 0 Å². The molecule has 0 aliphatic carbocycles. The van der Waals surface area contributed by atoms with E-state index in [-0.39, 0.29) is 11.8 Å². The first-order valence-electron chi connectivity index (χ1n) is 5.32. The number of hydrogen-bond acceptors (Lipinski definition) is 4. The van der Waals surface area contributed by atoms with Crippen LogP contribution in [0.15, 0.2) is 18.6 Å². The maximum absolute atomic E-state index is 11.5. The van der Waals surface area contributed by atoms with Gasteiger partial charge in [0.2, 0.25) is 0 Å². The zero-order valence-electron chi connectivity index (χ0n) is 8.89. The van der Waals surface area contributed by atoms with Crippen molar-refractivity contribution < 1.29 is 4.79 Å². The smallest absolute Gasteiger partial charge is 0.152 e. The summed E-state index contributed by atoms with van der Waals surface area (Å²) in [5, 5.41) is 0. The first-order chi connectivity index (χ1) is 7.29. The lowest BCUT2D eigenvalue weighted by Crippen LogP contribution is -2.44. The van der Waals surface area contributed by atoms with Crippen LogP contribution in [0.3, 0.4) is 0 Å². The van der Waals surface area contributed by atoms with Crippen LogP contribution in [-0.4, -0.2) is 28.3 Å². The SMILES string of the molecule is CC(=O)C1CCCCN1c1ccncn1. The van der Waals surface area contributed by atoms with E-state index in [0.717, 1.165) is 31.6 Å². The van der Waals surface area contributed by atoms with Crippen molar-refractivity contribution >= 4 is 11.6 Å². The summed E-state index contributed by atoms with van der Waals surface area (Å²) >= 11 is 0. The molecule has 0 spiro atoms. The number of Topliss-reactive ketones (excluding diaryl/α,β-unsaturated/α-hetero) is 1. The highest BCUT2D eigenvalue weighted by atomic mass is 16.1. The Morgan fingerprint density at radius 3 is 3.07 bits per heavy atom. The molecule has 0 bridgehead atoms. The minimum absolute atomic E-state index is 0.00801. The fraction of sp³-hybridized carbons (Fsp3) is 0.545. The third-order valence-corrected chi connectivity index (χ3v) is 2.83. The highest BCUT2D eigenvalue weighted by molar-refractivity contribution is 5.84. The van der Waals surface area contributed by atoms with Crippen LogP contribution in [0, 0.1) is 0 Å². The standard InChI is InChI=1S/C11H15N3O/c1-9(15)10-4-2-3-7-14(10)11-5-6-12-8-13-11/h5-6,8,10H,2-4,7H2,1H3. The zero-order valence-corrected chi connectivity index (χ0v) is 8.89. The second-order valence-corrected chi connectivity index (χ2v) is 3.88. The first-order valence-corrected chi connectivity index (χ1v) is 5.32. The lowest BCUT2D eigenvalue weighted by molar-refractivity contribution is -0.118. The predicted molar refractivity (Wildman–Crippen MR) is 57.7 cm³/mol. The molecule has 1 aliphatic rings. The van der Waals surface area contributed by atoms with E-state index in [1.54, 1.807) is 13.1 Å². The van der Waals surface area contributed by atoms with Gasteiger partial charge in [0.25, 0.3) is 0 Å². The van der Waals surface area contributed by atoms with Crippen molar-refractivity contribution in [1.29, 1.82) is 0 Å². The van der Waals surface area contributed by atoms with Gasteiger partial charge in [-0.25, -0.2) is 9.97 Å². The fourth-order valence-electron chi connectivity index (χ4n) is 2.08. The highest BCUT2D eigenvalue weighted by Crippen LogP contribution is 2.22. The van der Waals surface area contributed by atoms with Gasteiger partial charge in [-0.15, -0.1) is 0 Å². The van der Waals surface area contributed by atoms with E-state index in [9.17, 15) is 4.79 Å². The monoisotopic (exact) mass is 205 g/mol. The Hall–Kier alpha value is -1.45. The Bertz CT molecular complexity index is 339. The molecule has 1 saturated heterocycles. The van der Waals surface area contributed by atoms with Gasteiger partial charge in [0.05, 0.1) is 6.04 Å². The molecule has 15 heavy (non-hydrogen) atoms. The summed E-state index contributed by atoms with van der Waals surface area (Å²) in [6.07, 6.45) is 6.45. The minimum Gasteiger partial charge on any atom is -0.346 e. The number of aromatic nitrogens is 2. The average Bonchev–Trinajstić information content (AvgIpc) is 2.30. The van der Waals surface area contributed by atoms with Crippen LogP contribution in [0.4, 0.5) is 5.82 Å². The highest BCUT2D eigenvalue weighted by Gasteiger charge is 2.26. The van der Waals surface area contributed by atoms with E-state index >= 15 is 0 Å². The van der Waals surface area contributed by atoms with Crippen molar-refractivity contribution in [2.75, 3.05) is 11.4 Å². The predicted octanol–water partition coefficient (Wildman–Crippen LogP) is 1.42. The van der Waals surface area contributed by atoms with Crippen LogP contribution in [0.2, 0.25) is 0 Å². The largest absolute Gasteiger partial charge is 0.346 e. The molecule has 1 aliphatic heterocycles. The number of anilines is 1. The van der Waals surface area contributed by atoms with E-state index in [1.165, 1.54) is 6.33 Å². The van der Waals surface area contributed by atoms with E-state index in [0.29, 0.717) is 0 Å². The summed E-state index contributed by atoms with van der Waals surface area (Å²) in [4.78, 5) is 21.7. The van der Waals surface area contributed by atoms with Crippen LogP contribution in [0.1, 0.15) is 26.2 Å². The summed E-state index contributed by atoms with van der Waals surface area (Å²) in [7, 11) is 0. The molecule has 1 aromatic rings. The van der Waals surface area contributed by atoms with Crippen molar-refractivity contribution in [1.82, 2.24) is 9.97 Å². The first kappa shape index (κ1) is 10.1. The number of hydrogen-bond donors (Lipinski definition) is 0. The number of rotatable bonds is 2. The molecule has 1 unspecified atom stereocenters. The number of piperidine rings is 1. The van der Waals surface area contributed by atoms with E-state index in [1.807, 2.05) is 6.07 Å². The maximum atomic E-state index is 11.5. The van der Waals surface area contributed by atoms with E-state index in [2.05, 4.69) is 14.9 Å². The maximum Gasteiger partial charge on any atom is 0.152 e. The van der Waals surface area contributed by atoms with Gasteiger partial charge < -0.3 is 4.90 Å². The van der Waals surface area contributed by atoms with Crippen LogP contribution in [-0.2, 0) is 4.79 Å². The molecule has 0 saturated carbocycles. The van der Waals surface area contributed by atoms with Gasteiger partial charge in [0.1, 0.15) is 12.1 Å². The second kappa shape index (κ2) is 4.38. The summed E-state index contributed by atoms with van der Waals surface area (Å²) in [5.41, 5.74) is 0. The molecular formula is C11H15N3O. The van der Waals surface area contributed by atoms with Gasteiger partial charge in [-0.3, -0.25) is 4.79 Å². The third kappa shape index (κ3) is 2.14. The Morgan fingerprint density at radius 2 is 2.40 bits per heavy atom. The number of carbonyl (C=O) groups excluding carboxylic acids is 1.